The molecule has 1 heterocycles. The highest BCUT2D eigenvalue weighted by atomic mass is 79.9. The summed E-state index contributed by atoms with van der Waals surface area (Å²) in [5.41, 5.74) is 5.95. The molecule has 1 fully saturated rings. The van der Waals surface area contributed by atoms with E-state index in [9.17, 15) is 0 Å². The molecule has 1 aliphatic heterocycles. The number of piperidine rings is 1. The second-order valence-electron chi connectivity index (χ2n) is 6.04. The van der Waals surface area contributed by atoms with Gasteiger partial charge in [-0.25, -0.2) is 0 Å². The van der Waals surface area contributed by atoms with Crippen molar-refractivity contribution in [1.82, 2.24) is 4.90 Å². The van der Waals surface area contributed by atoms with E-state index in [2.05, 4.69) is 34.7 Å². The highest BCUT2D eigenvalue weighted by molar-refractivity contribution is 9.10. The van der Waals surface area contributed by atoms with E-state index >= 15 is 0 Å². The van der Waals surface area contributed by atoms with Crippen LogP contribution in [0.25, 0.3) is 0 Å². The second kappa shape index (κ2) is 6.25. The predicted molar refractivity (Wildman–Crippen MR) is 82.5 cm³/mol. The van der Waals surface area contributed by atoms with Crippen molar-refractivity contribution in [3.63, 3.8) is 0 Å². The van der Waals surface area contributed by atoms with Crippen LogP contribution in [0.1, 0.15) is 26.7 Å². The van der Waals surface area contributed by atoms with Gasteiger partial charge in [0.2, 0.25) is 0 Å². The molecule has 0 bridgehead atoms. The lowest BCUT2D eigenvalue weighted by atomic mass is 10.0. The van der Waals surface area contributed by atoms with Crippen molar-refractivity contribution >= 4 is 15.9 Å². The Kier molecular flexibility index (Phi) is 4.87. The van der Waals surface area contributed by atoms with Crippen LogP contribution in [0, 0.1) is 0 Å². The zero-order valence-electron chi connectivity index (χ0n) is 11.7. The lowest BCUT2D eigenvalue weighted by Gasteiger charge is -2.35. The van der Waals surface area contributed by atoms with Crippen molar-refractivity contribution < 1.29 is 4.74 Å². The maximum atomic E-state index is 6.06. The second-order valence-corrected chi connectivity index (χ2v) is 6.95. The van der Waals surface area contributed by atoms with Crippen LogP contribution in [-0.2, 0) is 0 Å². The van der Waals surface area contributed by atoms with E-state index in [1.54, 1.807) is 0 Å². The van der Waals surface area contributed by atoms with Crippen LogP contribution in [0.4, 0.5) is 0 Å². The maximum absolute atomic E-state index is 6.06. The lowest BCUT2D eigenvalue weighted by molar-refractivity contribution is 0.0903. The average Bonchev–Trinajstić information content (AvgIpc) is 2.30. The molecule has 2 N–H and O–H groups in total. The summed E-state index contributed by atoms with van der Waals surface area (Å²) in [6, 6.07) is 8.06. The van der Waals surface area contributed by atoms with Crippen LogP contribution >= 0.6 is 15.9 Å². The Morgan fingerprint density at radius 3 is 2.63 bits per heavy atom. The van der Waals surface area contributed by atoms with Gasteiger partial charge in [-0.15, -0.1) is 0 Å². The summed E-state index contributed by atoms with van der Waals surface area (Å²) in [5, 5.41) is 0. The topological polar surface area (TPSA) is 38.5 Å². The summed E-state index contributed by atoms with van der Waals surface area (Å²) in [7, 11) is 0. The molecule has 2 rings (SSSR count). The summed E-state index contributed by atoms with van der Waals surface area (Å²) in [4.78, 5) is 2.43. The molecule has 3 nitrogen and oxygen atoms in total. The fourth-order valence-corrected chi connectivity index (χ4v) is 2.87. The van der Waals surface area contributed by atoms with Crippen LogP contribution in [-0.4, -0.2) is 36.2 Å². The summed E-state index contributed by atoms with van der Waals surface area (Å²) in [5.74, 6) is 0.951. The van der Waals surface area contributed by atoms with Crippen LogP contribution < -0.4 is 10.5 Å². The Labute approximate surface area is 124 Å². The van der Waals surface area contributed by atoms with Gasteiger partial charge >= 0.3 is 0 Å². The highest BCUT2D eigenvalue weighted by Gasteiger charge is 2.24. The van der Waals surface area contributed by atoms with Gasteiger partial charge in [0.05, 0.1) is 0 Å². The number of hydrogen-bond acceptors (Lipinski definition) is 3. The number of hydrogen-bond donors (Lipinski definition) is 1. The van der Waals surface area contributed by atoms with E-state index in [1.165, 1.54) is 0 Å². The minimum Gasteiger partial charge on any atom is -0.490 e. The number of nitrogens with two attached hydrogens (primary N) is 1. The number of ether oxygens (including phenoxy) is 1. The van der Waals surface area contributed by atoms with Gasteiger partial charge < -0.3 is 15.4 Å². The van der Waals surface area contributed by atoms with Crippen LogP contribution in [0.15, 0.2) is 28.7 Å². The first-order valence-electron chi connectivity index (χ1n) is 6.86. The molecule has 0 spiro atoms. The van der Waals surface area contributed by atoms with E-state index in [0.29, 0.717) is 6.10 Å². The summed E-state index contributed by atoms with van der Waals surface area (Å²) in [6.45, 7) is 7.25. The Morgan fingerprint density at radius 2 is 2.05 bits per heavy atom. The number of rotatable bonds is 4. The number of benzene rings is 1. The maximum Gasteiger partial charge on any atom is 0.120 e. The third-order valence-electron chi connectivity index (χ3n) is 3.26. The third kappa shape index (κ3) is 5.13. The molecule has 0 saturated carbocycles. The Morgan fingerprint density at radius 1 is 1.37 bits per heavy atom. The molecular formula is C15H23BrN2O. The molecule has 0 atom stereocenters. The largest absolute Gasteiger partial charge is 0.490 e. The van der Waals surface area contributed by atoms with Gasteiger partial charge in [-0.3, -0.25) is 0 Å². The van der Waals surface area contributed by atoms with Crippen molar-refractivity contribution in [2.45, 2.75) is 38.3 Å². The highest BCUT2D eigenvalue weighted by Crippen LogP contribution is 2.22. The fourth-order valence-electron chi connectivity index (χ4n) is 2.49. The normalized spacial score (nSPS) is 18.5. The van der Waals surface area contributed by atoms with Crippen molar-refractivity contribution in [3.05, 3.63) is 28.7 Å². The minimum absolute atomic E-state index is 0.113. The van der Waals surface area contributed by atoms with Crippen molar-refractivity contribution in [1.29, 1.82) is 0 Å². The predicted octanol–water partition coefficient (Wildman–Crippen LogP) is 3.03. The van der Waals surface area contributed by atoms with Crippen LogP contribution in [0.5, 0.6) is 5.75 Å². The fraction of sp³-hybridized carbons (Fsp3) is 0.600. The van der Waals surface area contributed by atoms with Gasteiger partial charge in [-0.1, -0.05) is 22.0 Å². The molecule has 0 amide bonds. The molecule has 0 radical (unpaired) electrons. The minimum atomic E-state index is -0.113. The first-order valence-corrected chi connectivity index (χ1v) is 7.65. The molecule has 19 heavy (non-hydrogen) atoms. The Balaban J connectivity index is 1.80. The van der Waals surface area contributed by atoms with E-state index in [-0.39, 0.29) is 5.54 Å². The standard InChI is InChI=1S/C15H23BrN2O/c1-15(2,17)11-18-8-6-13(7-9-18)19-14-5-3-4-12(16)10-14/h3-5,10,13H,6-9,11,17H2,1-2H3. The van der Waals surface area contributed by atoms with Crippen LogP contribution in [0.2, 0.25) is 0 Å². The summed E-state index contributed by atoms with van der Waals surface area (Å²) in [6.07, 6.45) is 2.47. The number of nitrogens with zero attached hydrogens (tertiary/aromatic N) is 1. The van der Waals surface area contributed by atoms with E-state index in [4.69, 9.17) is 10.5 Å². The van der Waals surface area contributed by atoms with Gasteiger partial charge in [0.1, 0.15) is 11.9 Å². The van der Waals surface area contributed by atoms with Crippen molar-refractivity contribution in [2.75, 3.05) is 19.6 Å². The zero-order chi connectivity index (χ0) is 13.9. The molecule has 1 aromatic rings. The molecule has 0 unspecified atom stereocenters. The molecule has 0 aromatic heterocycles. The first kappa shape index (κ1) is 14.8. The van der Waals surface area contributed by atoms with Crippen molar-refractivity contribution in [2.24, 2.45) is 5.73 Å². The molecule has 1 aliphatic rings. The quantitative estimate of drug-likeness (QED) is 0.924. The van der Waals surface area contributed by atoms with Gasteiger partial charge in [-0.2, -0.15) is 0 Å². The first-order chi connectivity index (χ1) is 8.92. The molecule has 106 valence electrons. The van der Waals surface area contributed by atoms with E-state index in [1.807, 2.05) is 24.3 Å². The van der Waals surface area contributed by atoms with Gasteiger partial charge in [-0.05, 0) is 44.9 Å². The van der Waals surface area contributed by atoms with Crippen molar-refractivity contribution in [3.8, 4) is 5.75 Å². The van der Waals surface area contributed by atoms with Gasteiger partial charge in [0, 0.05) is 29.6 Å². The van der Waals surface area contributed by atoms with Crippen LogP contribution in [0.3, 0.4) is 0 Å². The summed E-state index contributed by atoms with van der Waals surface area (Å²) < 4.78 is 7.09. The molecule has 1 aromatic carbocycles. The lowest BCUT2D eigenvalue weighted by Crippen LogP contribution is -2.49. The number of likely N-dealkylation sites (tertiary alicyclic amines) is 1. The van der Waals surface area contributed by atoms with Gasteiger partial charge in [0.25, 0.3) is 0 Å². The molecule has 4 heteroatoms. The monoisotopic (exact) mass is 326 g/mol. The zero-order valence-corrected chi connectivity index (χ0v) is 13.3. The third-order valence-corrected chi connectivity index (χ3v) is 3.76. The van der Waals surface area contributed by atoms with Gasteiger partial charge in [0.15, 0.2) is 0 Å². The number of halogens is 1. The molecule has 0 aliphatic carbocycles. The smallest absolute Gasteiger partial charge is 0.120 e. The van der Waals surface area contributed by atoms with E-state index < -0.39 is 0 Å². The molecule has 1 saturated heterocycles. The average molecular weight is 327 g/mol. The SMILES string of the molecule is CC(C)(N)CN1CCC(Oc2cccc(Br)c2)CC1. The summed E-state index contributed by atoms with van der Waals surface area (Å²) >= 11 is 3.47. The Bertz CT molecular complexity index is 409. The van der Waals surface area contributed by atoms with E-state index in [0.717, 1.165) is 42.7 Å². The Hall–Kier alpha value is -0.580. The molecular weight excluding hydrogens is 304 g/mol.